The van der Waals surface area contributed by atoms with Gasteiger partial charge in [-0.3, -0.25) is 19.7 Å². The van der Waals surface area contributed by atoms with Crippen molar-refractivity contribution >= 4 is 23.2 Å². The highest BCUT2D eigenvalue weighted by atomic mass is 19.4. The lowest BCUT2D eigenvalue weighted by Gasteiger charge is -2.18. The fourth-order valence-electron chi connectivity index (χ4n) is 3.17. The Labute approximate surface area is 168 Å². The Kier molecular flexibility index (Phi) is 5.63. The third-order valence-electron chi connectivity index (χ3n) is 4.54. The predicted molar refractivity (Wildman–Crippen MR) is 99.2 cm³/mol. The van der Waals surface area contributed by atoms with E-state index in [2.05, 4.69) is 10.1 Å². The minimum atomic E-state index is -4.85. The molecule has 2 aromatic rings. The zero-order chi connectivity index (χ0) is 22.1. The number of nitro groups is 1. The topological polar surface area (TPSA) is 102 Å². The first-order valence-electron chi connectivity index (χ1n) is 8.78. The number of hydrogen-bond donors (Lipinski definition) is 1. The highest BCUT2D eigenvalue weighted by Gasteiger charge is 2.35. The van der Waals surface area contributed by atoms with Crippen LogP contribution in [0.2, 0.25) is 0 Å². The van der Waals surface area contributed by atoms with E-state index in [1.54, 1.807) is 0 Å². The Morgan fingerprint density at radius 1 is 1.27 bits per heavy atom. The molecular formula is C19H16F3N3O5. The van der Waals surface area contributed by atoms with Crippen LogP contribution in [0.4, 0.5) is 24.5 Å². The summed E-state index contributed by atoms with van der Waals surface area (Å²) < 4.78 is 41.1. The van der Waals surface area contributed by atoms with Gasteiger partial charge >= 0.3 is 6.36 Å². The van der Waals surface area contributed by atoms with Gasteiger partial charge in [0.15, 0.2) is 0 Å². The number of carbonyl (C=O) groups excluding carboxylic acids is 2. The first kappa shape index (κ1) is 21.1. The molecule has 3 rings (SSSR count). The van der Waals surface area contributed by atoms with Crippen molar-refractivity contribution in [2.75, 3.05) is 11.4 Å². The molecule has 11 heteroatoms. The van der Waals surface area contributed by atoms with Crippen LogP contribution in [0, 0.1) is 17.0 Å². The number of aryl methyl sites for hydroxylation is 1. The number of non-ortho nitro benzene ring substituents is 1. The lowest BCUT2D eigenvalue weighted by Crippen LogP contribution is -2.41. The van der Waals surface area contributed by atoms with Crippen LogP contribution in [0.3, 0.4) is 0 Å². The van der Waals surface area contributed by atoms with E-state index < -0.39 is 34.9 Å². The molecule has 30 heavy (non-hydrogen) atoms. The molecule has 0 spiro atoms. The number of nitro benzene ring substituents is 1. The molecule has 1 saturated heterocycles. The molecule has 2 amide bonds. The molecule has 1 aliphatic rings. The lowest BCUT2D eigenvalue weighted by atomic mass is 10.1. The van der Waals surface area contributed by atoms with E-state index in [9.17, 15) is 32.9 Å². The zero-order valence-electron chi connectivity index (χ0n) is 15.6. The molecule has 158 valence electrons. The van der Waals surface area contributed by atoms with Crippen molar-refractivity contribution in [1.82, 2.24) is 5.32 Å². The summed E-state index contributed by atoms with van der Waals surface area (Å²) in [5.74, 6) is -1.51. The van der Waals surface area contributed by atoms with Gasteiger partial charge in [-0.05, 0) is 37.1 Å². The summed E-state index contributed by atoms with van der Waals surface area (Å²) in [7, 11) is 0. The van der Waals surface area contributed by atoms with Gasteiger partial charge in [0.25, 0.3) is 11.6 Å². The molecule has 1 unspecified atom stereocenters. The van der Waals surface area contributed by atoms with E-state index in [1.165, 1.54) is 42.2 Å². The van der Waals surface area contributed by atoms with Crippen molar-refractivity contribution in [2.45, 2.75) is 25.7 Å². The summed E-state index contributed by atoms with van der Waals surface area (Å²) in [6.07, 6.45) is -4.60. The smallest absolute Gasteiger partial charge is 0.406 e. The predicted octanol–water partition coefficient (Wildman–Crippen LogP) is 3.34. The van der Waals surface area contributed by atoms with Crippen LogP contribution in [0.25, 0.3) is 0 Å². The Bertz CT molecular complexity index is 1010. The van der Waals surface area contributed by atoms with E-state index in [0.29, 0.717) is 5.56 Å². The molecule has 0 aliphatic carbocycles. The van der Waals surface area contributed by atoms with Gasteiger partial charge in [-0.2, -0.15) is 0 Å². The quantitative estimate of drug-likeness (QED) is 0.587. The van der Waals surface area contributed by atoms with Gasteiger partial charge < -0.3 is 15.0 Å². The number of anilines is 1. The van der Waals surface area contributed by atoms with Crippen LogP contribution < -0.4 is 15.0 Å². The minimum absolute atomic E-state index is 0.159. The van der Waals surface area contributed by atoms with Gasteiger partial charge in [0.1, 0.15) is 11.8 Å². The number of halogens is 3. The van der Waals surface area contributed by atoms with E-state index in [1.807, 2.05) is 0 Å². The minimum Gasteiger partial charge on any atom is -0.406 e. The number of nitrogens with one attached hydrogen (secondary N) is 1. The van der Waals surface area contributed by atoms with Gasteiger partial charge in [0.2, 0.25) is 5.91 Å². The third-order valence-corrected chi connectivity index (χ3v) is 4.54. The van der Waals surface area contributed by atoms with E-state index in [-0.39, 0.29) is 29.9 Å². The van der Waals surface area contributed by atoms with Gasteiger partial charge in [-0.25, -0.2) is 0 Å². The number of alkyl halides is 3. The summed E-state index contributed by atoms with van der Waals surface area (Å²) in [6.45, 7) is 1.73. The van der Waals surface area contributed by atoms with E-state index in [0.717, 1.165) is 12.1 Å². The standard InChI is InChI=1S/C19H16F3N3O5/c1-11-9-13(25(28)29)5-6-15(11)17(26)23-16-7-8-24(18(16)27)12-3-2-4-14(10-12)30-19(20,21)22/h2-6,9-10,16H,7-8H2,1H3,(H,23,26). The normalized spacial score (nSPS) is 16.5. The summed E-state index contributed by atoms with van der Waals surface area (Å²) in [6, 6.07) is 7.88. The number of ether oxygens (including phenoxy) is 1. The number of benzene rings is 2. The molecule has 0 saturated carbocycles. The molecule has 2 aromatic carbocycles. The monoisotopic (exact) mass is 423 g/mol. The summed E-state index contributed by atoms with van der Waals surface area (Å²) in [4.78, 5) is 36.7. The average molecular weight is 423 g/mol. The summed E-state index contributed by atoms with van der Waals surface area (Å²) in [5.41, 5.74) is 0.617. The number of nitrogens with zero attached hydrogens (tertiary/aromatic N) is 2. The molecule has 0 bridgehead atoms. The third kappa shape index (κ3) is 4.67. The largest absolute Gasteiger partial charge is 0.573 e. The maximum absolute atomic E-state index is 12.7. The maximum Gasteiger partial charge on any atom is 0.573 e. The highest BCUT2D eigenvalue weighted by molar-refractivity contribution is 6.04. The molecule has 8 nitrogen and oxygen atoms in total. The van der Waals surface area contributed by atoms with Gasteiger partial charge in [-0.1, -0.05) is 6.07 Å². The number of rotatable bonds is 5. The van der Waals surface area contributed by atoms with Gasteiger partial charge in [0.05, 0.1) is 4.92 Å². The Balaban J connectivity index is 1.71. The second kappa shape index (κ2) is 8.01. The second-order valence-corrected chi connectivity index (χ2v) is 6.61. The van der Waals surface area contributed by atoms with Crippen molar-refractivity contribution in [3.63, 3.8) is 0 Å². The lowest BCUT2D eigenvalue weighted by molar-refractivity contribution is -0.384. The maximum atomic E-state index is 12.7. The van der Waals surface area contributed by atoms with Crippen LogP contribution in [0.1, 0.15) is 22.3 Å². The summed E-state index contributed by atoms with van der Waals surface area (Å²) in [5, 5.41) is 13.4. The summed E-state index contributed by atoms with van der Waals surface area (Å²) >= 11 is 0. The second-order valence-electron chi connectivity index (χ2n) is 6.61. The number of hydrogen-bond acceptors (Lipinski definition) is 5. The van der Waals surface area contributed by atoms with Crippen LogP contribution in [0.5, 0.6) is 5.75 Å². The van der Waals surface area contributed by atoms with Crippen LogP contribution in [-0.4, -0.2) is 35.7 Å². The average Bonchev–Trinajstić information content (AvgIpc) is 3.00. The Morgan fingerprint density at radius 3 is 2.63 bits per heavy atom. The van der Waals surface area contributed by atoms with E-state index in [4.69, 9.17) is 0 Å². The fourth-order valence-corrected chi connectivity index (χ4v) is 3.17. The Morgan fingerprint density at radius 2 is 2.00 bits per heavy atom. The first-order valence-corrected chi connectivity index (χ1v) is 8.78. The van der Waals surface area contributed by atoms with E-state index >= 15 is 0 Å². The fraction of sp³-hybridized carbons (Fsp3) is 0.263. The molecule has 1 N–H and O–H groups in total. The zero-order valence-corrected chi connectivity index (χ0v) is 15.6. The molecule has 0 radical (unpaired) electrons. The number of amides is 2. The SMILES string of the molecule is Cc1cc([N+](=O)[O-])ccc1C(=O)NC1CCN(c2cccc(OC(F)(F)F)c2)C1=O. The van der Waals surface area contributed by atoms with Crippen LogP contribution in [0.15, 0.2) is 42.5 Å². The molecule has 0 aromatic heterocycles. The van der Waals surface area contributed by atoms with Crippen molar-refractivity contribution < 1.29 is 32.4 Å². The molecule has 1 aliphatic heterocycles. The molecule has 1 fully saturated rings. The van der Waals surface area contributed by atoms with Crippen LogP contribution in [-0.2, 0) is 4.79 Å². The van der Waals surface area contributed by atoms with Gasteiger partial charge in [0, 0.05) is 36.0 Å². The van der Waals surface area contributed by atoms with Crippen molar-refractivity contribution in [2.24, 2.45) is 0 Å². The Hall–Kier alpha value is -3.63. The number of carbonyl (C=O) groups is 2. The van der Waals surface area contributed by atoms with Crippen molar-refractivity contribution in [3.05, 3.63) is 63.7 Å². The van der Waals surface area contributed by atoms with Crippen molar-refractivity contribution in [1.29, 1.82) is 0 Å². The first-order chi connectivity index (χ1) is 14.0. The highest BCUT2D eigenvalue weighted by Crippen LogP contribution is 2.29. The molecule has 1 heterocycles. The van der Waals surface area contributed by atoms with Gasteiger partial charge in [-0.15, -0.1) is 13.2 Å². The van der Waals surface area contributed by atoms with Crippen molar-refractivity contribution in [3.8, 4) is 5.75 Å². The molecular weight excluding hydrogens is 407 g/mol. The molecule has 1 atom stereocenters. The van der Waals surface area contributed by atoms with Crippen LogP contribution >= 0.6 is 0 Å².